The van der Waals surface area contributed by atoms with Gasteiger partial charge in [0.2, 0.25) is 0 Å². The zero-order chi connectivity index (χ0) is 14.2. The van der Waals surface area contributed by atoms with Crippen molar-refractivity contribution in [3.63, 3.8) is 0 Å². The third kappa shape index (κ3) is 4.10. The fourth-order valence-corrected chi connectivity index (χ4v) is 2.09. The highest BCUT2D eigenvalue weighted by Gasteiger charge is 2.10. The Morgan fingerprint density at radius 2 is 2.10 bits per heavy atom. The molecule has 0 saturated heterocycles. The highest BCUT2D eigenvalue weighted by Crippen LogP contribution is 2.26. The molecule has 2 rings (SSSR count). The van der Waals surface area contributed by atoms with Crippen molar-refractivity contribution < 1.29 is 9.47 Å². The third-order valence-corrected chi connectivity index (χ3v) is 3.27. The van der Waals surface area contributed by atoms with Gasteiger partial charge in [-0.2, -0.15) is 0 Å². The Labute approximate surface area is 120 Å². The minimum atomic E-state index is 0.720. The van der Waals surface area contributed by atoms with E-state index in [4.69, 9.17) is 9.47 Å². The highest BCUT2D eigenvalue weighted by molar-refractivity contribution is 5.66. The molecule has 1 aliphatic carbocycles. The molecule has 1 aromatic heterocycles. The largest absolute Gasteiger partial charge is 0.498 e. The van der Waals surface area contributed by atoms with E-state index in [9.17, 15) is 0 Å². The predicted molar refractivity (Wildman–Crippen MR) is 81.5 cm³/mol. The van der Waals surface area contributed by atoms with Gasteiger partial charge >= 0.3 is 0 Å². The van der Waals surface area contributed by atoms with Crippen LogP contribution in [0.15, 0.2) is 36.2 Å². The molecule has 0 aromatic carbocycles. The van der Waals surface area contributed by atoms with Gasteiger partial charge in [-0.05, 0) is 30.2 Å². The first kappa shape index (κ1) is 14.6. The van der Waals surface area contributed by atoms with Crippen LogP contribution >= 0.6 is 0 Å². The number of allylic oxidation sites excluding steroid dienone is 4. The number of hydrogen-bond acceptors (Lipinski definition) is 4. The molecule has 0 radical (unpaired) electrons. The van der Waals surface area contributed by atoms with Crippen molar-refractivity contribution in [3.8, 4) is 0 Å². The fourth-order valence-electron chi connectivity index (χ4n) is 2.09. The third-order valence-electron chi connectivity index (χ3n) is 3.27. The van der Waals surface area contributed by atoms with Crippen LogP contribution in [0, 0.1) is 0 Å². The standard InChI is InChI=1S/C16H22N2O2/c1-17-14-6-9-16(18-12-14)13-4-7-15(8-5-13)20-11-3-10-19-2/h4,6-7,9,12,17H,3,5,8,10-11H2,1-2H3. The molecule has 1 aliphatic rings. The van der Waals surface area contributed by atoms with Gasteiger partial charge < -0.3 is 14.8 Å². The average Bonchev–Trinajstić information content (AvgIpc) is 2.52. The number of methoxy groups -OCH3 is 1. The maximum absolute atomic E-state index is 5.71. The van der Waals surface area contributed by atoms with Crippen molar-refractivity contribution in [3.05, 3.63) is 41.9 Å². The van der Waals surface area contributed by atoms with Crippen LogP contribution in [0.3, 0.4) is 0 Å². The van der Waals surface area contributed by atoms with Crippen molar-refractivity contribution in [2.75, 3.05) is 32.7 Å². The lowest BCUT2D eigenvalue weighted by atomic mass is 10.0. The van der Waals surface area contributed by atoms with E-state index in [0.29, 0.717) is 0 Å². The second kappa shape index (κ2) is 7.70. The van der Waals surface area contributed by atoms with Gasteiger partial charge in [0.1, 0.15) is 0 Å². The summed E-state index contributed by atoms with van der Waals surface area (Å²) in [6.45, 7) is 1.47. The average molecular weight is 274 g/mol. The molecule has 0 spiro atoms. The smallest absolute Gasteiger partial charge is 0.0963 e. The van der Waals surface area contributed by atoms with E-state index in [1.165, 1.54) is 5.57 Å². The van der Waals surface area contributed by atoms with E-state index in [2.05, 4.69) is 28.5 Å². The molecule has 1 N–H and O–H groups in total. The Kier molecular flexibility index (Phi) is 5.62. The first-order valence-corrected chi connectivity index (χ1v) is 6.99. The number of rotatable bonds is 7. The number of anilines is 1. The van der Waals surface area contributed by atoms with E-state index >= 15 is 0 Å². The summed E-state index contributed by atoms with van der Waals surface area (Å²) in [7, 11) is 3.60. The summed E-state index contributed by atoms with van der Waals surface area (Å²) in [4.78, 5) is 4.47. The Bertz CT molecular complexity index is 478. The summed E-state index contributed by atoms with van der Waals surface area (Å²) < 4.78 is 10.7. The lowest BCUT2D eigenvalue weighted by Gasteiger charge is -2.15. The van der Waals surface area contributed by atoms with Crippen LogP contribution in [0.5, 0.6) is 0 Å². The summed E-state index contributed by atoms with van der Waals surface area (Å²) in [6, 6.07) is 4.10. The van der Waals surface area contributed by atoms with Crippen LogP contribution in [0.1, 0.15) is 25.0 Å². The number of aromatic nitrogens is 1. The number of nitrogens with zero attached hydrogens (tertiary/aromatic N) is 1. The van der Waals surface area contributed by atoms with Crippen LogP contribution in [-0.2, 0) is 9.47 Å². The van der Waals surface area contributed by atoms with Crippen LogP contribution in [0.2, 0.25) is 0 Å². The maximum Gasteiger partial charge on any atom is 0.0963 e. The second-order valence-electron chi connectivity index (χ2n) is 4.70. The molecule has 108 valence electrons. The van der Waals surface area contributed by atoms with Gasteiger partial charge in [-0.15, -0.1) is 0 Å². The van der Waals surface area contributed by atoms with Gasteiger partial charge in [-0.1, -0.05) is 6.08 Å². The minimum Gasteiger partial charge on any atom is -0.498 e. The zero-order valence-electron chi connectivity index (χ0n) is 12.2. The summed E-state index contributed by atoms with van der Waals surface area (Å²) in [5.41, 5.74) is 3.33. The van der Waals surface area contributed by atoms with Crippen LogP contribution < -0.4 is 5.32 Å². The lowest BCUT2D eigenvalue weighted by molar-refractivity contribution is 0.141. The number of ether oxygens (including phenoxy) is 2. The monoisotopic (exact) mass is 274 g/mol. The van der Waals surface area contributed by atoms with E-state index < -0.39 is 0 Å². The number of hydrogen-bond donors (Lipinski definition) is 1. The number of pyridine rings is 1. The summed E-state index contributed by atoms with van der Waals surface area (Å²) in [5.74, 6) is 1.05. The van der Waals surface area contributed by atoms with Crippen molar-refractivity contribution in [1.82, 2.24) is 4.98 Å². The first-order valence-electron chi connectivity index (χ1n) is 6.99. The van der Waals surface area contributed by atoms with E-state index in [1.54, 1.807) is 7.11 Å². The van der Waals surface area contributed by atoms with Gasteiger partial charge in [0, 0.05) is 33.6 Å². The zero-order valence-corrected chi connectivity index (χ0v) is 12.2. The Morgan fingerprint density at radius 1 is 1.20 bits per heavy atom. The van der Waals surface area contributed by atoms with Gasteiger partial charge in [0.15, 0.2) is 0 Å². The highest BCUT2D eigenvalue weighted by atomic mass is 16.5. The van der Waals surface area contributed by atoms with Crippen molar-refractivity contribution >= 4 is 11.3 Å². The SMILES string of the molecule is CNc1ccc(C2=CC=C(OCCCOC)CC2)nc1. The van der Waals surface area contributed by atoms with Gasteiger partial charge in [-0.25, -0.2) is 0 Å². The molecule has 0 atom stereocenters. The topological polar surface area (TPSA) is 43.4 Å². The molecular formula is C16H22N2O2. The Balaban J connectivity index is 1.91. The molecule has 0 bridgehead atoms. The molecular weight excluding hydrogens is 252 g/mol. The van der Waals surface area contributed by atoms with Crippen LogP contribution in [0.25, 0.3) is 5.57 Å². The lowest BCUT2D eigenvalue weighted by Crippen LogP contribution is -2.02. The van der Waals surface area contributed by atoms with Crippen molar-refractivity contribution in [2.45, 2.75) is 19.3 Å². The normalized spacial score (nSPS) is 14.5. The van der Waals surface area contributed by atoms with E-state index in [0.717, 1.165) is 49.6 Å². The van der Waals surface area contributed by atoms with Gasteiger partial charge in [-0.3, -0.25) is 4.98 Å². The molecule has 20 heavy (non-hydrogen) atoms. The summed E-state index contributed by atoms with van der Waals surface area (Å²) >= 11 is 0. The summed E-state index contributed by atoms with van der Waals surface area (Å²) in [6.07, 6.45) is 8.86. The molecule has 1 aromatic rings. The first-order chi connectivity index (χ1) is 9.83. The van der Waals surface area contributed by atoms with Crippen LogP contribution in [0.4, 0.5) is 5.69 Å². The molecule has 0 aliphatic heterocycles. The molecule has 0 unspecified atom stereocenters. The molecule has 1 heterocycles. The quantitative estimate of drug-likeness (QED) is 0.775. The van der Waals surface area contributed by atoms with E-state index in [-0.39, 0.29) is 0 Å². The minimum absolute atomic E-state index is 0.720. The molecule has 4 nitrogen and oxygen atoms in total. The molecule has 4 heteroatoms. The Morgan fingerprint density at radius 3 is 2.70 bits per heavy atom. The molecule has 0 amide bonds. The molecule has 0 fully saturated rings. The maximum atomic E-state index is 5.71. The number of nitrogens with one attached hydrogen (secondary N) is 1. The van der Waals surface area contributed by atoms with E-state index in [1.807, 2.05) is 19.3 Å². The van der Waals surface area contributed by atoms with Gasteiger partial charge in [0.05, 0.1) is 29.9 Å². The van der Waals surface area contributed by atoms with Crippen LogP contribution in [-0.4, -0.2) is 32.4 Å². The fraction of sp³-hybridized carbons (Fsp3) is 0.438. The van der Waals surface area contributed by atoms with Crippen molar-refractivity contribution in [1.29, 1.82) is 0 Å². The predicted octanol–water partition coefficient (Wildman–Crippen LogP) is 3.24. The van der Waals surface area contributed by atoms with Crippen molar-refractivity contribution in [2.24, 2.45) is 0 Å². The van der Waals surface area contributed by atoms with Gasteiger partial charge in [0.25, 0.3) is 0 Å². The molecule has 0 saturated carbocycles. The Hall–Kier alpha value is -1.81. The summed E-state index contributed by atoms with van der Waals surface area (Å²) in [5, 5.41) is 3.07. The second-order valence-corrected chi connectivity index (χ2v) is 4.70.